The standard InChI is InChI=1S/C28H39N3OS/c1-6-12-24-20-21(2)19-23(22(3)29-25-13-8-9-14-26(25)33-5)15-16-27(30(4)28(24)32)31-17-10-7-11-18-31/h8-9,13-16,19-20,22,29H,6-7,10-12,17-18H2,1-5H3/t22-/m1/s1. The fourth-order valence-electron chi connectivity index (χ4n) is 4.53. The Labute approximate surface area is 203 Å². The minimum absolute atomic E-state index is 0.110. The van der Waals surface area contributed by atoms with Crippen LogP contribution in [0.15, 0.2) is 58.2 Å². The first-order valence-electron chi connectivity index (χ1n) is 12.2. The Kier molecular flexibility index (Phi) is 9.30. The van der Waals surface area contributed by atoms with Crippen molar-refractivity contribution in [2.75, 3.05) is 29.6 Å². The van der Waals surface area contributed by atoms with Gasteiger partial charge in [-0.3, -0.25) is 9.36 Å². The molecule has 0 amide bonds. The second-order valence-electron chi connectivity index (χ2n) is 8.98. The lowest BCUT2D eigenvalue weighted by molar-refractivity contribution is 0.564. The SMILES string of the molecule is CCCc1cc(C)cc([C@@H](C)Nc2ccccc2SC)ccc(N2CCCCC2)n(C)c1=O. The molecular weight excluding hydrogens is 426 g/mol. The molecule has 5 heteroatoms. The van der Waals surface area contributed by atoms with E-state index < -0.39 is 0 Å². The summed E-state index contributed by atoms with van der Waals surface area (Å²) >= 11 is 1.75. The van der Waals surface area contributed by atoms with Crippen molar-refractivity contribution in [1.82, 2.24) is 4.57 Å². The van der Waals surface area contributed by atoms with Gasteiger partial charge in [-0.1, -0.05) is 49.2 Å². The van der Waals surface area contributed by atoms with Gasteiger partial charge in [0.1, 0.15) is 5.82 Å². The first-order chi connectivity index (χ1) is 15.9. The normalized spacial score (nSPS) is 14.5. The first-order valence-corrected chi connectivity index (χ1v) is 13.4. The molecule has 0 radical (unpaired) electrons. The Morgan fingerprint density at radius 1 is 1.06 bits per heavy atom. The van der Waals surface area contributed by atoms with Gasteiger partial charge in [0.15, 0.2) is 0 Å². The van der Waals surface area contributed by atoms with Gasteiger partial charge in [0.25, 0.3) is 5.56 Å². The number of nitrogens with zero attached hydrogens (tertiary/aromatic N) is 2. The van der Waals surface area contributed by atoms with E-state index in [0.717, 1.165) is 48.6 Å². The van der Waals surface area contributed by atoms with Crippen molar-refractivity contribution in [3.8, 4) is 0 Å². The number of rotatable bonds is 7. The van der Waals surface area contributed by atoms with Gasteiger partial charge in [-0.15, -0.1) is 11.8 Å². The number of piperidine rings is 1. The highest BCUT2D eigenvalue weighted by molar-refractivity contribution is 7.98. The third-order valence-corrected chi connectivity index (χ3v) is 7.12. The first kappa shape index (κ1) is 25.2. The zero-order valence-corrected chi connectivity index (χ0v) is 21.7. The third kappa shape index (κ3) is 6.57. The molecular formula is C28H39N3OS. The Balaban J connectivity index is 2.15. The number of aromatic nitrogens is 1. The number of nitrogens with one attached hydrogen (secondary N) is 1. The van der Waals surface area contributed by atoms with E-state index >= 15 is 0 Å². The fraction of sp³-hybridized carbons (Fsp3) is 0.464. The van der Waals surface area contributed by atoms with Crippen LogP contribution in [0.1, 0.15) is 62.3 Å². The lowest BCUT2D eigenvalue weighted by Crippen LogP contribution is -2.34. The molecule has 1 aromatic heterocycles. The van der Waals surface area contributed by atoms with Gasteiger partial charge in [0.2, 0.25) is 0 Å². The number of hydrogen-bond acceptors (Lipinski definition) is 4. The molecule has 0 bridgehead atoms. The van der Waals surface area contributed by atoms with Gasteiger partial charge in [0.05, 0.1) is 0 Å². The van der Waals surface area contributed by atoms with Gasteiger partial charge in [-0.05, 0) is 69.5 Å². The lowest BCUT2D eigenvalue weighted by Gasteiger charge is -2.29. The highest BCUT2D eigenvalue weighted by Crippen LogP contribution is 2.28. The highest BCUT2D eigenvalue weighted by atomic mass is 32.2. The molecule has 2 heterocycles. The van der Waals surface area contributed by atoms with Crippen molar-refractivity contribution >= 4 is 23.3 Å². The summed E-state index contributed by atoms with van der Waals surface area (Å²) in [6.45, 7) is 8.44. The van der Waals surface area contributed by atoms with E-state index in [9.17, 15) is 4.79 Å². The Morgan fingerprint density at radius 2 is 1.79 bits per heavy atom. The van der Waals surface area contributed by atoms with E-state index in [1.165, 1.54) is 29.7 Å². The quantitative estimate of drug-likeness (QED) is 0.464. The largest absolute Gasteiger partial charge is 0.378 e. The smallest absolute Gasteiger partial charge is 0.255 e. The predicted molar refractivity (Wildman–Crippen MR) is 144 cm³/mol. The number of aryl methyl sites for hydroxylation is 2. The molecule has 1 atom stereocenters. The topological polar surface area (TPSA) is 37.3 Å². The summed E-state index contributed by atoms with van der Waals surface area (Å²) in [6, 6.07) is 17.2. The highest BCUT2D eigenvalue weighted by Gasteiger charge is 2.14. The molecule has 1 aromatic carbocycles. The van der Waals surface area contributed by atoms with E-state index in [2.05, 4.69) is 85.8 Å². The minimum Gasteiger partial charge on any atom is -0.378 e. The Hall–Kier alpha value is -2.40. The van der Waals surface area contributed by atoms with Crippen molar-refractivity contribution in [2.24, 2.45) is 7.05 Å². The molecule has 0 saturated carbocycles. The molecule has 0 spiro atoms. The maximum absolute atomic E-state index is 13.4. The maximum Gasteiger partial charge on any atom is 0.255 e. The van der Waals surface area contributed by atoms with E-state index in [1.807, 2.05) is 11.6 Å². The Morgan fingerprint density at radius 3 is 2.48 bits per heavy atom. The molecule has 3 rings (SSSR count). The summed E-state index contributed by atoms with van der Waals surface area (Å²) in [5.74, 6) is 1.00. The van der Waals surface area contributed by atoms with E-state index in [4.69, 9.17) is 0 Å². The molecule has 1 fully saturated rings. The monoisotopic (exact) mass is 465 g/mol. The number of hydrogen-bond donors (Lipinski definition) is 1. The average molecular weight is 466 g/mol. The number of anilines is 2. The zero-order chi connectivity index (χ0) is 23.8. The van der Waals surface area contributed by atoms with Crippen molar-refractivity contribution in [3.63, 3.8) is 0 Å². The fourth-order valence-corrected chi connectivity index (χ4v) is 5.09. The van der Waals surface area contributed by atoms with Crippen LogP contribution in [0.2, 0.25) is 0 Å². The van der Waals surface area contributed by atoms with Crippen LogP contribution in [-0.2, 0) is 13.5 Å². The molecule has 178 valence electrons. The average Bonchev–Trinajstić information content (AvgIpc) is 2.83. The molecule has 1 aliphatic rings. The number of thioether (sulfide) groups is 1. The summed E-state index contributed by atoms with van der Waals surface area (Å²) in [6.07, 6.45) is 7.47. The second-order valence-corrected chi connectivity index (χ2v) is 9.83. The minimum atomic E-state index is 0.110. The van der Waals surface area contributed by atoms with Crippen molar-refractivity contribution in [1.29, 1.82) is 0 Å². The van der Waals surface area contributed by atoms with Gasteiger partial charge < -0.3 is 10.2 Å². The van der Waals surface area contributed by atoms with E-state index in [-0.39, 0.29) is 11.6 Å². The molecule has 0 aliphatic carbocycles. The third-order valence-electron chi connectivity index (χ3n) is 6.32. The van der Waals surface area contributed by atoms with Gasteiger partial charge in [-0.25, -0.2) is 0 Å². The van der Waals surface area contributed by atoms with Crippen LogP contribution in [-0.4, -0.2) is 23.9 Å². The number of para-hydroxylation sites is 1. The van der Waals surface area contributed by atoms with Crippen LogP contribution < -0.4 is 15.8 Å². The van der Waals surface area contributed by atoms with E-state index in [1.54, 1.807) is 11.8 Å². The summed E-state index contributed by atoms with van der Waals surface area (Å²) in [5, 5.41) is 3.71. The molecule has 1 N–H and O–H groups in total. The second kappa shape index (κ2) is 12.2. The molecule has 0 unspecified atom stereocenters. The zero-order valence-electron chi connectivity index (χ0n) is 20.9. The van der Waals surface area contributed by atoms with Crippen LogP contribution in [0.4, 0.5) is 11.5 Å². The van der Waals surface area contributed by atoms with Crippen LogP contribution in [0.3, 0.4) is 0 Å². The van der Waals surface area contributed by atoms with Crippen LogP contribution in [0.25, 0.3) is 0 Å². The summed E-state index contributed by atoms with van der Waals surface area (Å²) < 4.78 is 1.86. The van der Waals surface area contributed by atoms with Crippen molar-refractivity contribution in [2.45, 2.75) is 63.8 Å². The number of benzene rings is 1. The molecule has 1 aliphatic heterocycles. The van der Waals surface area contributed by atoms with E-state index in [0.29, 0.717) is 0 Å². The van der Waals surface area contributed by atoms with Gasteiger partial charge in [0, 0.05) is 42.3 Å². The summed E-state index contributed by atoms with van der Waals surface area (Å²) in [4.78, 5) is 17.0. The maximum atomic E-state index is 13.4. The van der Waals surface area contributed by atoms with Gasteiger partial charge >= 0.3 is 0 Å². The summed E-state index contributed by atoms with van der Waals surface area (Å²) in [7, 11) is 1.93. The van der Waals surface area contributed by atoms with Gasteiger partial charge in [-0.2, -0.15) is 0 Å². The van der Waals surface area contributed by atoms with Crippen molar-refractivity contribution < 1.29 is 0 Å². The Bertz CT molecular complexity index is 1060. The molecule has 2 aromatic rings. The lowest BCUT2D eigenvalue weighted by atomic mass is 10.1. The molecule has 4 nitrogen and oxygen atoms in total. The molecule has 33 heavy (non-hydrogen) atoms. The van der Waals surface area contributed by atoms with Crippen LogP contribution in [0.5, 0.6) is 0 Å². The van der Waals surface area contributed by atoms with Crippen LogP contribution >= 0.6 is 11.8 Å². The molecule has 1 saturated heterocycles. The predicted octanol–water partition coefficient (Wildman–Crippen LogP) is 6.66. The van der Waals surface area contributed by atoms with Crippen LogP contribution in [0, 0.1) is 6.92 Å². The van der Waals surface area contributed by atoms with Crippen molar-refractivity contribution in [3.05, 3.63) is 75.6 Å². The summed E-state index contributed by atoms with van der Waals surface area (Å²) in [5.41, 5.74) is 4.45.